The summed E-state index contributed by atoms with van der Waals surface area (Å²) in [5.74, 6) is -3.09. The minimum Gasteiger partial charge on any atom is -0.507 e. The smallest absolute Gasteiger partial charge is 0.234 e. The van der Waals surface area contributed by atoms with Crippen LogP contribution in [0.1, 0.15) is 22.8 Å². The second-order valence-electron chi connectivity index (χ2n) is 5.89. The molecule has 1 fully saturated rings. The van der Waals surface area contributed by atoms with Crippen LogP contribution in [0, 0.1) is 0 Å². The minimum atomic E-state index is -1.59. The molecule has 1 aliphatic carbocycles. The van der Waals surface area contributed by atoms with Gasteiger partial charge >= 0.3 is 0 Å². The lowest BCUT2D eigenvalue weighted by molar-refractivity contribution is -0.268. The molecular weight excluding hydrogens is 336 g/mol. The van der Waals surface area contributed by atoms with Crippen molar-refractivity contribution in [2.75, 3.05) is 0 Å². The third-order valence-electron chi connectivity index (χ3n) is 4.14. The van der Waals surface area contributed by atoms with Crippen LogP contribution in [0.25, 0.3) is 5.76 Å². The Bertz CT molecular complexity index is 769. The summed E-state index contributed by atoms with van der Waals surface area (Å²) in [6.45, 7) is 1.46. The Morgan fingerprint density at radius 2 is 1.72 bits per heavy atom. The highest BCUT2D eigenvalue weighted by molar-refractivity contribution is 6.50. The van der Waals surface area contributed by atoms with E-state index in [1.807, 2.05) is 0 Å². The lowest BCUT2D eigenvalue weighted by atomic mass is 9.93. The van der Waals surface area contributed by atoms with E-state index in [9.17, 15) is 35.1 Å². The Kier molecular flexibility index (Phi) is 4.25. The number of phenols is 1. The number of aliphatic hydroxyl groups is 4. The number of allylic oxidation sites excluding steroid dienone is 1. The van der Waals surface area contributed by atoms with Crippen LogP contribution in [0.5, 0.6) is 11.5 Å². The van der Waals surface area contributed by atoms with E-state index in [-0.39, 0.29) is 16.9 Å². The molecule has 1 heterocycles. The summed E-state index contributed by atoms with van der Waals surface area (Å²) < 4.78 is 10.6. The summed E-state index contributed by atoms with van der Waals surface area (Å²) in [5, 5.41) is 49.1. The summed E-state index contributed by atoms with van der Waals surface area (Å²) in [7, 11) is 0. The quantitative estimate of drug-likeness (QED) is 0.433. The molecule has 2 aliphatic rings. The number of benzene rings is 1. The van der Waals surface area contributed by atoms with Crippen molar-refractivity contribution < 1.29 is 44.6 Å². The second kappa shape index (κ2) is 6.12. The Labute approximate surface area is 141 Å². The molecule has 0 aromatic heterocycles. The zero-order chi connectivity index (χ0) is 18.5. The molecule has 1 aliphatic heterocycles. The van der Waals surface area contributed by atoms with Gasteiger partial charge in [-0.3, -0.25) is 9.59 Å². The first-order valence-electron chi connectivity index (χ1n) is 7.43. The molecule has 3 rings (SSSR count). The molecular formula is C16H16O9. The summed E-state index contributed by atoms with van der Waals surface area (Å²) in [6, 6.07) is 2.17. The largest absolute Gasteiger partial charge is 0.507 e. The van der Waals surface area contributed by atoms with E-state index >= 15 is 0 Å². The monoisotopic (exact) mass is 352 g/mol. The maximum atomic E-state index is 11.9. The SMILES string of the molecule is C[C@H]1O[C@H](Oc2cc(O)c3c(c2)C(=O)C(=O)C=C3O)[C@@H](O)[C@@H](O)[C@@H]1O. The Morgan fingerprint density at radius 3 is 2.40 bits per heavy atom. The number of carbonyl (C=O) groups excluding carboxylic acids is 2. The number of aromatic hydroxyl groups is 1. The van der Waals surface area contributed by atoms with Crippen LogP contribution in [-0.4, -0.2) is 67.8 Å². The molecule has 0 radical (unpaired) electrons. The first-order valence-corrected chi connectivity index (χ1v) is 7.43. The average molecular weight is 352 g/mol. The van der Waals surface area contributed by atoms with E-state index in [4.69, 9.17) is 9.47 Å². The van der Waals surface area contributed by atoms with Gasteiger partial charge in [-0.05, 0) is 13.0 Å². The normalized spacial score (nSPS) is 32.2. The predicted molar refractivity (Wildman–Crippen MR) is 81.0 cm³/mol. The third kappa shape index (κ3) is 2.87. The maximum absolute atomic E-state index is 11.9. The Morgan fingerprint density at radius 1 is 1.04 bits per heavy atom. The van der Waals surface area contributed by atoms with Gasteiger partial charge in [0.1, 0.15) is 35.6 Å². The fourth-order valence-electron chi connectivity index (χ4n) is 2.76. The van der Waals surface area contributed by atoms with Crippen molar-refractivity contribution in [3.05, 3.63) is 29.3 Å². The number of fused-ring (bicyclic) bond motifs is 1. The number of hydrogen-bond donors (Lipinski definition) is 5. The van der Waals surface area contributed by atoms with E-state index in [0.29, 0.717) is 6.08 Å². The molecule has 0 unspecified atom stereocenters. The minimum absolute atomic E-state index is 0.132. The van der Waals surface area contributed by atoms with Crippen LogP contribution in [0.2, 0.25) is 0 Å². The van der Waals surface area contributed by atoms with Gasteiger partial charge in [0.15, 0.2) is 0 Å². The number of hydrogen-bond acceptors (Lipinski definition) is 9. The van der Waals surface area contributed by atoms with Gasteiger partial charge in [-0.1, -0.05) is 0 Å². The molecule has 5 N–H and O–H groups in total. The lowest BCUT2D eigenvalue weighted by Crippen LogP contribution is -2.58. The van der Waals surface area contributed by atoms with Gasteiger partial charge in [0.2, 0.25) is 17.9 Å². The van der Waals surface area contributed by atoms with Gasteiger partial charge in [-0.15, -0.1) is 0 Å². The Hall–Kier alpha value is -2.46. The molecule has 9 nitrogen and oxygen atoms in total. The Balaban J connectivity index is 1.93. The molecule has 25 heavy (non-hydrogen) atoms. The van der Waals surface area contributed by atoms with Gasteiger partial charge in [-0.2, -0.15) is 0 Å². The molecule has 1 aromatic rings. The van der Waals surface area contributed by atoms with E-state index in [1.165, 1.54) is 6.92 Å². The summed E-state index contributed by atoms with van der Waals surface area (Å²) in [4.78, 5) is 23.5. The highest BCUT2D eigenvalue weighted by Gasteiger charge is 2.43. The number of rotatable bonds is 2. The topological polar surface area (TPSA) is 154 Å². The first kappa shape index (κ1) is 17.4. The standard InChI is InChI=1S/C16H16O9/c1-5-12(20)14(22)15(23)16(24-5)25-6-2-7-11(8(17)3-6)9(18)4-10(19)13(7)21/h2-5,12,14-18,20,22-23H,1H3/t5-,12-,14+,15+,16-/m1/s1. The molecule has 9 heteroatoms. The number of Topliss-reactive ketones (excluding diaryl/α,β-unsaturated/α-hetero) is 1. The molecule has 134 valence electrons. The van der Waals surface area contributed by atoms with Crippen molar-refractivity contribution in [3.8, 4) is 11.5 Å². The zero-order valence-corrected chi connectivity index (χ0v) is 13.0. The fraction of sp³-hybridized carbons (Fsp3) is 0.375. The molecule has 0 bridgehead atoms. The fourth-order valence-corrected chi connectivity index (χ4v) is 2.76. The van der Waals surface area contributed by atoms with Crippen molar-refractivity contribution in [2.45, 2.75) is 37.6 Å². The number of ether oxygens (including phenoxy) is 2. The average Bonchev–Trinajstić information content (AvgIpc) is 2.55. The van der Waals surface area contributed by atoms with Gasteiger partial charge in [-0.25, -0.2) is 0 Å². The van der Waals surface area contributed by atoms with Crippen LogP contribution in [0.4, 0.5) is 0 Å². The maximum Gasteiger partial charge on any atom is 0.234 e. The number of aliphatic hydroxyl groups excluding tert-OH is 4. The summed E-state index contributed by atoms with van der Waals surface area (Å²) >= 11 is 0. The van der Waals surface area contributed by atoms with Crippen molar-refractivity contribution in [1.82, 2.24) is 0 Å². The number of ketones is 2. The molecule has 0 spiro atoms. The van der Waals surface area contributed by atoms with E-state index in [2.05, 4.69) is 0 Å². The molecule has 5 atom stereocenters. The number of phenolic OH excluding ortho intramolecular Hbond substituents is 1. The van der Waals surface area contributed by atoms with Crippen molar-refractivity contribution >= 4 is 17.3 Å². The molecule has 1 aromatic carbocycles. The highest BCUT2D eigenvalue weighted by atomic mass is 16.7. The summed E-state index contributed by atoms with van der Waals surface area (Å²) in [6.07, 6.45) is -5.94. The van der Waals surface area contributed by atoms with Crippen LogP contribution in [-0.2, 0) is 9.53 Å². The van der Waals surface area contributed by atoms with Crippen LogP contribution in [0.3, 0.4) is 0 Å². The van der Waals surface area contributed by atoms with Gasteiger partial charge in [0, 0.05) is 17.7 Å². The predicted octanol–water partition coefficient (Wildman–Crippen LogP) is -0.737. The third-order valence-corrected chi connectivity index (χ3v) is 4.14. The molecule has 0 amide bonds. The van der Waals surface area contributed by atoms with Gasteiger partial charge in [0.25, 0.3) is 0 Å². The first-order chi connectivity index (χ1) is 11.7. The lowest BCUT2D eigenvalue weighted by Gasteiger charge is -2.39. The van der Waals surface area contributed by atoms with Crippen molar-refractivity contribution in [2.24, 2.45) is 0 Å². The number of carbonyl (C=O) groups is 2. The van der Waals surface area contributed by atoms with Crippen molar-refractivity contribution in [1.29, 1.82) is 0 Å². The molecule has 0 saturated carbocycles. The highest BCUT2D eigenvalue weighted by Crippen LogP contribution is 2.36. The zero-order valence-electron chi connectivity index (χ0n) is 13.0. The van der Waals surface area contributed by atoms with Crippen LogP contribution >= 0.6 is 0 Å². The van der Waals surface area contributed by atoms with E-state index < -0.39 is 53.8 Å². The second-order valence-corrected chi connectivity index (χ2v) is 5.89. The van der Waals surface area contributed by atoms with E-state index in [1.54, 1.807) is 0 Å². The van der Waals surface area contributed by atoms with Gasteiger partial charge < -0.3 is 35.0 Å². The molecule has 1 saturated heterocycles. The van der Waals surface area contributed by atoms with Crippen LogP contribution in [0.15, 0.2) is 18.2 Å². The van der Waals surface area contributed by atoms with E-state index in [0.717, 1.165) is 12.1 Å². The van der Waals surface area contributed by atoms with Gasteiger partial charge in [0.05, 0.1) is 11.7 Å². The summed E-state index contributed by atoms with van der Waals surface area (Å²) in [5.41, 5.74) is -0.468. The van der Waals surface area contributed by atoms with Crippen LogP contribution < -0.4 is 4.74 Å². The van der Waals surface area contributed by atoms with Crippen molar-refractivity contribution in [3.63, 3.8) is 0 Å².